The molecule has 0 radical (unpaired) electrons. The molecule has 0 nitrogen and oxygen atoms in total. The molecule has 0 atom stereocenters. The highest BCUT2D eigenvalue weighted by Crippen LogP contribution is 2.45. The second-order valence-electron chi connectivity index (χ2n) is 8.61. The van der Waals surface area contributed by atoms with E-state index in [1.807, 2.05) is 0 Å². The van der Waals surface area contributed by atoms with Crippen LogP contribution in [0.25, 0.3) is 43.4 Å². The van der Waals surface area contributed by atoms with Crippen molar-refractivity contribution in [3.63, 3.8) is 0 Å². The van der Waals surface area contributed by atoms with Gasteiger partial charge in [0.05, 0.1) is 0 Å². The molecule has 0 N–H and O–H groups in total. The van der Waals surface area contributed by atoms with Crippen LogP contribution in [0.1, 0.15) is 25.0 Å². The molecule has 2 aliphatic rings. The van der Waals surface area contributed by atoms with Crippen molar-refractivity contribution in [2.75, 3.05) is 0 Å². The number of hydrogen-bond donors (Lipinski definition) is 0. The van der Waals surface area contributed by atoms with Crippen LogP contribution < -0.4 is 0 Å². The molecule has 0 saturated heterocycles. The van der Waals surface area contributed by atoms with Crippen LogP contribution in [0.5, 0.6) is 0 Å². The Balaban J connectivity index is 1.58. The molecule has 0 unspecified atom stereocenters. The Morgan fingerprint density at radius 2 is 1.45 bits per heavy atom. The van der Waals surface area contributed by atoms with Crippen LogP contribution in [0.3, 0.4) is 0 Å². The molecular formula is C29H22-2. The summed E-state index contributed by atoms with van der Waals surface area (Å²) in [4.78, 5) is 0. The van der Waals surface area contributed by atoms with E-state index in [4.69, 9.17) is 0 Å². The Morgan fingerprint density at radius 1 is 0.586 bits per heavy atom. The van der Waals surface area contributed by atoms with Gasteiger partial charge < -0.3 is 0 Å². The molecule has 0 aromatic heterocycles. The lowest BCUT2D eigenvalue weighted by Crippen LogP contribution is -2.18. The zero-order valence-electron chi connectivity index (χ0n) is 16.7. The third-order valence-corrected chi connectivity index (χ3v) is 6.70. The van der Waals surface area contributed by atoms with E-state index in [-0.39, 0.29) is 5.41 Å². The molecule has 6 rings (SSSR count). The van der Waals surface area contributed by atoms with E-state index < -0.39 is 0 Å². The topological polar surface area (TPSA) is 0 Å². The van der Waals surface area contributed by atoms with Gasteiger partial charge in [-0.15, -0.1) is 70.3 Å². The molecule has 0 spiro atoms. The summed E-state index contributed by atoms with van der Waals surface area (Å²) in [5.74, 6) is 0. The van der Waals surface area contributed by atoms with E-state index in [0.29, 0.717) is 0 Å². The Bertz CT molecular complexity index is 1470. The van der Waals surface area contributed by atoms with Crippen LogP contribution in [0, 0.1) is 0 Å². The van der Waals surface area contributed by atoms with Crippen LogP contribution in [0.4, 0.5) is 0 Å². The van der Waals surface area contributed by atoms with Gasteiger partial charge in [0.25, 0.3) is 0 Å². The zero-order valence-corrected chi connectivity index (χ0v) is 16.7. The Kier molecular flexibility index (Phi) is 3.32. The van der Waals surface area contributed by atoms with Crippen molar-refractivity contribution < 1.29 is 0 Å². The van der Waals surface area contributed by atoms with Crippen molar-refractivity contribution in [3.05, 3.63) is 108 Å². The highest BCUT2D eigenvalue weighted by molar-refractivity contribution is 6.10. The van der Waals surface area contributed by atoms with Gasteiger partial charge in [-0.05, 0) is 10.8 Å². The Labute approximate surface area is 171 Å². The SMILES string of the molecule is CC(C)(c1ccc2c3cccc[c-]3ccc1-2)[c-]1ccc2c3ccccc3ccc21. The highest BCUT2D eigenvalue weighted by atomic mass is 14.3. The summed E-state index contributed by atoms with van der Waals surface area (Å²) in [5.41, 5.74) is 5.45. The van der Waals surface area contributed by atoms with Gasteiger partial charge in [0.15, 0.2) is 0 Å². The van der Waals surface area contributed by atoms with E-state index in [2.05, 4.69) is 111 Å². The summed E-state index contributed by atoms with van der Waals surface area (Å²) in [5, 5.41) is 8.01. The summed E-state index contributed by atoms with van der Waals surface area (Å²) in [6, 6.07) is 35.7. The van der Waals surface area contributed by atoms with Crippen molar-refractivity contribution in [1.82, 2.24) is 0 Å². The summed E-state index contributed by atoms with van der Waals surface area (Å²) < 4.78 is 0. The largest absolute Gasteiger partial charge is 0.167 e. The average Bonchev–Trinajstić information content (AvgIpc) is 3.39. The zero-order chi connectivity index (χ0) is 19.6. The predicted octanol–water partition coefficient (Wildman–Crippen LogP) is 8.01. The van der Waals surface area contributed by atoms with Crippen LogP contribution >= 0.6 is 0 Å². The smallest absolute Gasteiger partial charge is 0.0200 e. The lowest BCUT2D eigenvalue weighted by Gasteiger charge is -2.32. The Hall–Kier alpha value is -3.38. The molecule has 0 fully saturated rings. The maximum absolute atomic E-state index is 2.36. The second-order valence-corrected chi connectivity index (χ2v) is 8.61. The molecule has 140 valence electrons. The van der Waals surface area contributed by atoms with Crippen LogP contribution in [0.2, 0.25) is 0 Å². The van der Waals surface area contributed by atoms with Crippen molar-refractivity contribution >= 4 is 32.3 Å². The highest BCUT2D eigenvalue weighted by Gasteiger charge is 2.25. The maximum Gasteiger partial charge on any atom is -0.0200 e. The fourth-order valence-electron chi connectivity index (χ4n) is 5.17. The molecule has 4 aromatic carbocycles. The number of rotatable bonds is 2. The molecule has 0 aliphatic heterocycles. The average molecular weight is 370 g/mol. The van der Waals surface area contributed by atoms with E-state index in [0.717, 1.165) is 0 Å². The van der Waals surface area contributed by atoms with Crippen LogP contribution in [0.15, 0.2) is 97.1 Å². The van der Waals surface area contributed by atoms with Crippen molar-refractivity contribution in [1.29, 1.82) is 0 Å². The minimum Gasteiger partial charge on any atom is -0.167 e. The second kappa shape index (κ2) is 5.81. The lowest BCUT2D eigenvalue weighted by atomic mass is 9.76. The van der Waals surface area contributed by atoms with E-state index in [1.165, 1.54) is 54.6 Å². The van der Waals surface area contributed by atoms with Crippen LogP contribution in [-0.4, -0.2) is 0 Å². The van der Waals surface area contributed by atoms with Gasteiger partial charge in [-0.3, -0.25) is 0 Å². The van der Waals surface area contributed by atoms with Crippen LogP contribution in [-0.2, 0) is 5.41 Å². The van der Waals surface area contributed by atoms with Gasteiger partial charge in [0, 0.05) is 0 Å². The molecule has 4 aromatic rings. The monoisotopic (exact) mass is 370 g/mol. The fraction of sp³-hybridized carbons (Fsp3) is 0.103. The Morgan fingerprint density at radius 3 is 2.38 bits per heavy atom. The molecule has 29 heavy (non-hydrogen) atoms. The van der Waals surface area contributed by atoms with Gasteiger partial charge in [0.2, 0.25) is 0 Å². The van der Waals surface area contributed by atoms with Gasteiger partial charge in [-0.2, -0.15) is 6.07 Å². The van der Waals surface area contributed by atoms with E-state index in [1.54, 1.807) is 0 Å². The lowest BCUT2D eigenvalue weighted by molar-refractivity contribution is 0.652. The fourth-order valence-corrected chi connectivity index (χ4v) is 5.17. The minimum absolute atomic E-state index is 0.0750. The molecule has 0 bridgehead atoms. The van der Waals surface area contributed by atoms with Crippen molar-refractivity contribution in [2.45, 2.75) is 19.3 Å². The quantitative estimate of drug-likeness (QED) is 0.271. The maximum atomic E-state index is 2.36. The summed E-state index contributed by atoms with van der Waals surface area (Å²) in [6.07, 6.45) is 0. The number of benzene rings is 4. The van der Waals surface area contributed by atoms with Gasteiger partial charge >= 0.3 is 0 Å². The third kappa shape index (κ3) is 2.26. The van der Waals surface area contributed by atoms with Crippen molar-refractivity contribution in [2.24, 2.45) is 0 Å². The summed E-state index contributed by atoms with van der Waals surface area (Å²) in [6.45, 7) is 4.72. The molecule has 0 saturated carbocycles. The number of hydrogen-bond acceptors (Lipinski definition) is 0. The standard InChI is InChI=1S/C29H22/c1-29(2,27-17-15-23-21-9-5-3-7-19(21)11-13-25(23)27)28-18-16-24-22-10-6-4-8-20(22)12-14-26(24)28/h3-18H,1-2H3/q-2. The normalized spacial score (nSPS) is 12.5. The van der Waals surface area contributed by atoms with E-state index in [9.17, 15) is 0 Å². The summed E-state index contributed by atoms with van der Waals surface area (Å²) >= 11 is 0. The minimum atomic E-state index is -0.0750. The molecule has 0 heteroatoms. The third-order valence-electron chi connectivity index (χ3n) is 6.70. The first-order valence-electron chi connectivity index (χ1n) is 10.3. The van der Waals surface area contributed by atoms with Gasteiger partial charge in [-0.1, -0.05) is 83.8 Å². The predicted molar refractivity (Wildman–Crippen MR) is 125 cm³/mol. The van der Waals surface area contributed by atoms with Crippen molar-refractivity contribution in [3.8, 4) is 11.1 Å². The first-order valence-corrected chi connectivity index (χ1v) is 10.3. The first kappa shape index (κ1) is 16.6. The molecule has 2 aliphatic carbocycles. The van der Waals surface area contributed by atoms with Gasteiger partial charge in [0.1, 0.15) is 0 Å². The van der Waals surface area contributed by atoms with Gasteiger partial charge in [-0.25, -0.2) is 0 Å². The summed E-state index contributed by atoms with van der Waals surface area (Å²) in [7, 11) is 0. The van der Waals surface area contributed by atoms with E-state index >= 15 is 0 Å². The first-order chi connectivity index (χ1) is 14.1. The molecule has 0 heterocycles. The molecular weight excluding hydrogens is 348 g/mol. The molecule has 0 amide bonds. The number of fused-ring (bicyclic) bond motifs is 6.